The number of aliphatic hydroxyl groups is 1. The van der Waals surface area contributed by atoms with Gasteiger partial charge in [-0.15, -0.1) is 0 Å². The Morgan fingerprint density at radius 1 is 1.05 bits per heavy atom. The first-order valence-electron chi connectivity index (χ1n) is 12.3. The average Bonchev–Trinajstić information content (AvgIpc) is 3.42. The van der Waals surface area contributed by atoms with Gasteiger partial charge in [-0.3, -0.25) is 14.5 Å². The molecule has 1 N–H and O–H groups in total. The van der Waals surface area contributed by atoms with E-state index in [0.717, 1.165) is 9.86 Å². The predicted octanol–water partition coefficient (Wildman–Crippen LogP) is 7.16. The molecule has 0 aliphatic carbocycles. The standard InChI is InChI=1S/C30H26BrNO6/c1-4-36-22-11-9-21(10-12-22)32-27(18-6-5-7-23(15-18)37-17(2)3)26(29(34)30(32)35)28(33)25-16-19-14-20(31)8-13-24(19)38-25/h5-17,27,34H,4H2,1-3H3. The lowest BCUT2D eigenvalue weighted by molar-refractivity contribution is -0.117. The summed E-state index contributed by atoms with van der Waals surface area (Å²) >= 11 is 3.43. The van der Waals surface area contributed by atoms with Gasteiger partial charge in [-0.25, -0.2) is 0 Å². The number of halogens is 1. The summed E-state index contributed by atoms with van der Waals surface area (Å²) in [5.74, 6) is -0.614. The van der Waals surface area contributed by atoms with Crippen molar-refractivity contribution in [1.82, 2.24) is 0 Å². The average molecular weight is 576 g/mol. The first-order chi connectivity index (χ1) is 18.3. The fourth-order valence-corrected chi connectivity index (χ4v) is 4.96. The van der Waals surface area contributed by atoms with Crippen LogP contribution < -0.4 is 14.4 Å². The number of amides is 1. The van der Waals surface area contributed by atoms with Gasteiger partial charge in [-0.2, -0.15) is 0 Å². The molecule has 1 aliphatic heterocycles. The maximum atomic E-state index is 13.9. The van der Waals surface area contributed by atoms with E-state index in [0.29, 0.717) is 34.9 Å². The highest BCUT2D eigenvalue weighted by Crippen LogP contribution is 2.43. The molecule has 1 aromatic heterocycles. The van der Waals surface area contributed by atoms with Crippen molar-refractivity contribution in [2.24, 2.45) is 0 Å². The molecule has 0 saturated heterocycles. The smallest absolute Gasteiger partial charge is 0.294 e. The molecule has 1 atom stereocenters. The molecule has 0 bridgehead atoms. The molecule has 3 aromatic carbocycles. The highest BCUT2D eigenvalue weighted by Gasteiger charge is 2.45. The molecule has 4 aromatic rings. The minimum atomic E-state index is -0.913. The van der Waals surface area contributed by atoms with Crippen molar-refractivity contribution in [2.45, 2.75) is 32.9 Å². The van der Waals surface area contributed by atoms with E-state index < -0.39 is 23.5 Å². The fraction of sp³-hybridized carbons (Fsp3) is 0.200. The number of Topliss-reactive ketones (excluding diaryl/α,β-unsaturated/α-hetero) is 1. The largest absolute Gasteiger partial charge is 0.503 e. The van der Waals surface area contributed by atoms with E-state index in [-0.39, 0.29) is 17.4 Å². The summed E-state index contributed by atoms with van der Waals surface area (Å²) in [5, 5.41) is 11.8. The van der Waals surface area contributed by atoms with E-state index >= 15 is 0 Å². The Balaban J connectivity index is 1.62. The highest BCUT2D eigenvalue weighted by molar-refractivity contribution is 9.10. The molecule has 194 valence electrons. The van der Waals surface area contributed by atoms with Crippen LogP contribution in [0.15, 0.2) is 93.0 Å². The number of ether oxygens (including phenoxy) is 2. The van der Waals surface area contributed by atoms with Crippen LogP contribution in [-0.2, 0) is 4.79 Å². The lowest BCUT2D eigenvalue weighted by atomic mass is 9.94. The maximum Gasteiger partial charge on any atom is 0.294 e. The first-order valence-corrected chi connectivity index (χ1v) is 13.1. The minimum Gasteiger partial charge on any atom is -0.503 e. The molecular formula is C30H26BrNO6. The zero-order valence-corrected chi connectivity index (χ0v) is 22.7. The molecule has 1 aliphatic rings. The van der Waals surface area contributed by atoms with Crippen LogP contribution in [0.5, 0.6) is 11.5 Å². The summed E-state index contributed by atoms with van der Waals surface area (Å²) in [6, 6.07) is 20.2. The Kier molecular flexibility index (Phi) is 6.99. The quantitative estimate of drug-likeness (QED) is 0.224. The van der Waals surface area contributed by atoms with Gasteiger partial charge in [0.2, 0.25) is 5.78 Å². The van der Waals surface area contributed by atoms with Crippen LogP contribution in [0.3, 0.4) is 0 Å². The molecule has 0 saturated carbocycles. The first kappa shape index (κ1) is 25.6. The van der Waals surface area contributed by atoms with Crippen LogP contribution >= 0.6 is 15.9 Å². The second kappa shape index (κ2) is 10.4. The zero-order valence-electron chi connectivity index (χ0n) is 21.1. The molecule has 0 radical (unpaired) electrons. The maximum absolute atomic E-state index is 13.9. The summed E-state index contributed by atoms with van der Waals surface area (Å²) in [4.78, 5) is 28.8. The van der Waals surface area contributed by atoms with Gasteiger partial charge in [0.1, 0.15) is 17.1 Å². The number of carbonyl (C=O) groups is 2. The third-order valence-electron chi connectivity index (χ3n) is 6.13. The van der Waals surface area contributed by atoms with Gasteiger partial charge in [-0.1, -0.05) is 28.1 Å². The number of rotatable bonds is 8. The second-order valence-corrected chi connectivity index (χ2v) is 10.0. The summed E-state index contributed by atoms with van der Waals surface area (Å²) in [6.07, 6.45) is -0.0717. The summed E-state index contributed by atoms with van der Waals surface area (Å²) in [5.41, 5.74) is 1.56. The van der Waals surface area contributed by atoms with Gasteiger partial charge in [0.25, 0.3) is 5.91 Å². The van der Waals surface area contributed by atoms with Crippen LogP contribution in [-0.4, -0.2) is 29.5 Å². The number of hydrogen-bond acceptors (Lipinski definition) is 6. The van der Waals surface area contributed by atoms with Crippen LogP contribution in [0.25, 0.3) is 11.0 Å². The number of nitrogens with zero attached hydrogens (tertiary/aromatic N) is 1. The normalized spacial score (nSPS) is 15.6. The Bertz CT molecular complexity index is 1550. The second-order valence-electron chi connectivity index (χ2n) is 9.13. The van der Waals surface area contributed by atoms with Gasteiger partial charge in [-0.05, 0) is 87.0 Å². The Labute approximate surface area is 228 Å². The van der Waals surface area contributed by atoms with E-state index in [4.69, 9.17) is 13.9 Å². The number of hydrogen-bond donors (Lipinski definition) is 1. The van der Waals surface area contributed by atoms with E-state index in [2.05, 4.69) is 15.9 Å². The molecular weight excluding hydrogens is 550 g/mol. The minimum absolute atomic E-state index is 0.0283. The van der Waals surface area contributed by atoms with Gasteiger partial charge < -0.3 is 19.0 Å². The Morgan fingerprint density at radius 3 is 2.53 bits per heavy atom. The van der Waals surface area contributed by atoms with E-state index in [9.17, 15) is 14.7 Å². The van der Waals surface area contributed by atoms with Crippen LogP contribution in [0, 0.1) is 0 Å². The predicted molar refractivity (Wildman–Crippen MR) is 148 cm³/mol. The summed E-state index contributed by atoms with van der Waals surface area (Å²) in [7, 11) is 0. The molecule has 7 nitrogen and oxygen atoms in total. The topological polar surface area (TPSA) is 89.2 Å². The van der Waals surface area contributed by atoms with Gasteiger partial charge >= 0.3 is 0 Å². The summed E-state index contributed by atoms with van der Waals surface area (Å²) < 4.78 is 18.1. The zero-order chi connectivity index (χ0) is 27.0. The Hall–Kier alpha value is -4.04. The lowest BCUT2D eigenvalue weighted by Gasteiger charge is -2.27. The molecule has 8 heteroatoms. The lowest BCUT2D eigenvalue weighted by Crippen LogP contribution is -2.31. The molecule has 5 rings (SSSR count). The van der Waals surface area contributed by atoms with Crippen LogP contribution in [0.2, 0.25) is 0 Å². The van der Waals surface area contributed by atoms with E-state index in [1.165, 1.54) is 4.90 Å². The van der Waals surface area contributed by atoms with Crippen molar-refractivity contribution in [3.05, 3.63) is 99.9 Å². The van der Waals surface area contributed by atoms with Crippen molar-refractivity contribution in [3.8, 4) is 11.5 Å². The number of ketones is 1. The molecule has 1 amide bonds. The van der Waals surface area contributed by atoms with Gasteiger partial charge in [0.15, 0.2) is 11.5 Å². The fourth-order valence-electron chi connectivity index (χ4n) is 4.58. The monoisotopic (exact) mass is 575 g/mol. The number of benzene rings is 3. The highest BCUT2D eigenvalue weighted by atomic mass is 79.9. The number of carbonyl (C=O) groups excluding carboxylic acids is 2. The SMILES string of the molecule is CCOc1ccc(N2C(=O)C(O)=C(C(=O)c3cc4cc(Br)ccc4o3)C2c2cccc(OC(C)C)c2)cc1. The van der Waals surface area contributed by atoms with Crippen LogP contribution in [0.1, 0.15) is 42.9 Å². The van der Waals surface area contributed by atoms with Crippen LogP contribution in [0.4, 0.5) is 5.69 Å². The number of anilines is 1. The van der Waals surface area contributed by atoms with Crippen molar-refractivity contribution >= 4 is 44.3 Å². The van der Waals surface area contributed by atoms with Crippen molar-refractivity contribution in [1.29, 1.82) is 0 Å². The van der Waals surface area contributed by atoms with E-state index in [1.807, 2.05) is 39.0 Å². The summed E-state index contributed by atoms with van der Waals surface area (Å²) in [6.45, 7) is 6.22. The molecule has 0 fully saturated rings. The molecule has 0 spiro atoms. The Morgan fingerprint density at radius 2 is 1.82 bits per heavy atom. The molecule has 38 heavy (non-hydrogen) atoms. The molecule has 1 unspecified atom stereocenters. The third-order valence-corrected chi connectivity index (χ3v) is 6.62. The third kappa shape index (κ3) is 4.79. The van der Waals surface area contributed by atoms with Crippen molar-refractivity contribution in [3.63, 3.8) is 0 Å². The van der Waals surface area contributed by atoms with Crippen molar-refractivity contribution < 1.29 is 28.6 Å². The van der Waals surface area contributed by atoms with Crippen molar-refractivity contribution in [2.75, 3.05) is 11.5 Å². The number of fused-ring (bicyclic) bond motifs is 1. The number of aliphatic hydroxyl groups excluding tert-OH is 1. The number of furan rings is 1. The van der Waals surface area contributed by atoms with E-state index in [1.54, 1.807) is 54.6 Å². The van der Waals surface area contributed by atoms with Gasteiger partial charge in [0.05, 0.1) is 24.3 Å². The van der Waals surface area contributed by atoms with Gasteiger partial charge in [0, 0.05) is 15.5 Å². The molecule has 2 heterocycles.